The van der Waals surface area contributed by atoms with Gasteiger partial charge in [0.05, 0.1) is 6.04 Å². The number of rotatable bonds is 1. The number of hydrogen-bond donors (Lipinski definition) is 0. The van der Waals surface area contributed by atoms with Crippen LogP contribution in [0.2, 0.25) is 0 Å². The average molecular weight is 203 g/mol. The lowest BCUT2D eigenvalue weighted by Gasteiger charge is -2.12. The van der Waals surface area contributed by atoms with Gasteiger partial charge in [0.25, 0.3) is 0 Å². The van der Waals surface area contributed by atoms with Crippen LogP contribution in [0.5, 0.6) is 0 Å². The molecule has 0 N–H and O–H groups in total. The van der Waals surface area contributed by atoms with Crippen molar-refractivity contribution in [1.29, 1.82) is 0 Å². The fourth-order valence-corrected chi connectivity index (χ4v) is 2.13. The molecule has 1 aromatic carbocycles. The maximum Gasteiger partial charge on any atom is 0.138 e. The normalized spacial score (nSPS) is 19.1. The zero-order valence-electron chi connectivity index (χ0n) is 8.10. The van der Waals surface area contributed by atoms with Gasteiger partial charge in [0, 0.05) is 12.0 Å². The average Bonchev–Trinajstić information content (AvgIpc) is 2.80. The van der Waals surface area contributed by atoms with Crippen molar-refractivity contribution in [2.45, 2.75) is 18.9 Å². The van der Waals surface area contributed by atoms with Gasteiger partial charge in [-0.05, 0) is 12.5 Å². The first-order valence-corrected chi connectivity index (χ1v) is 4.99. The van der Waals surface area contributed by atoms with Crippen LogP contribution in [0.25, 0.3) is 0 Å². The van der Waals surface area contributed by atoms with E-state index in [2.05, 4.69) is 10.1 Å². The highest BCUT2D eigenvalue weighted by atomic mass is 19.1. The molecule has 4 heteroatoms. The molecule has 2 aromatic rings. The first-order valence-electron chi connectivity index (χ1n) is 4.99. The van der Waals surface area contributed by atoms with E-state index in [-0.39, 0.29) is 11.9 Å². The third-order valence-electron chi connectivity index (χ3n) is 2.85. The molecule has 15 heavy (non-hydrogen) atoms. The highest BCUT2D eigenvalue weighted by molar-refractivity contribution is 5.23. The fraction of sp³-hybridized carbons (Fsp3) is 0.273. The summed E-state index contributed by atoms with van der Waals surface area (Å²) in [6.07, 6.45) is 3.29. The summed E-state index contributed by atoms with van der Waals surface area (Å²) in [6.45, 7) is 0. The molecule has 2 heterocycles. The molecule has 0 radical (unpaired) electrons. The summed E-state index contributed by atoms with van der Waals surface area (Å²) >= 11 is 0. The maximum atomic E-state index is 13.6. The van der Waals surface area contributed by atoms with Crippen molar-refractivity contribution in [3.8, 4) is 0 Å². The summed E-state index contributed by atoms with van der Waals surface area (Å²) in [6, 6.07) is 6.88. The third-order valence-corrected chi connectivity index (χ3v) is 2.85. The summed E-state index contributed by atoms with van der Waals surface area (Å²) in [7, 11) is 0. The highest BCUT2D eigenvalue weighted by Crippen LogP contribution is 2.30. The summed E-state index contributed by atoms with van der Waals surface area (Å²) in [5, 5.41) is 4.13. The highest BCUT2D eigenvalue weighted by Gasteiger charge is 2.26. The van der Waals surface area contributed by atoms with Crippen molar-refractivity contribution in [3.05, 3.63) is 47.8 Å². The Balaban J connectivity index is 2.08. The Morgan fingerprint density at radius 2 is 2.20 bits per heavy atom. The van der Waals surface area contributed by atoms with Crippen molar-refractivity contribution in [3.63, 3.8) is 0 Å². The molecule has 1 aliphatic rings. The Morgan fingerprint density at radius 3 is 3.07 bits per heavy atom. The number of nitrogens with zero attached hydrogens (tertiary/aromatic N) is 3. The maximum absolute atomic E-state index is 13.6. The number of aromatic nitrogens is 3. The van der Waals surface area contributed by atoms with Crippen LogP contribution in [-0.2, 0) is 6.42 Å². The predicted octanol–water partition coefficient (Wildman–Crippen LogP) is 1.95. The summed E-state index contributed by atoms with van der Waals surface area (Å²) in [5.74, 6) is 0.786. The molecule has 0 saturated heterocycles. The van der Waals surface area contributed by atoms with Gasteiger partial charge in [0.1, 0.15) is 18.0 Å². The Bertz CT molecular complexity index is 492. The SMILES string of the molecule is Fc1ccccc1C1CCc2ncnn21. The molecule has 0 amide bonds. The molecular weight excluding hydrogens is 193 g/mol. The van der Waals surface area contributed by atoms with Gasteiger partial charge in [-0.15, -0.1) is 0 Å². The number of benzene rings is 1. The molecule has 76 valence electrons. The summed E-state index contributed by atoms with van der Waals surface area (Å²) in [5.41, 5.74) is 0.710. The summed E-state index contributed by atoms with van der Waals surface area (Å²) in [4.78, 5) is 4.13. The zero-order chi connectivity index (χ0) is 10.3. The molecule has 3 rings (SSSR count). The predicted molar refractivity (Wildman–Crippen MR) is 52.9 cm³/mol. The Hall–Kier alpha value is -1.71. The minimum absolute atomic E-state index is 0.0173. The van der Waals surface area contributed by atoms with E-state index in [9.17, 15) is 4.39 Å². The standard InChI is InChI=1S/C11H10FN3/c12-9-4-2-1-3-8(9)10-5-6-11-13-7-14-15(10)11/h1-4,7,10H,5-6H2. The molecule has 0 saturated carbocycles. The fourth-order valence-electron chi connectivity index (χ4n) is 2.13. The van der Waals surface area contributed by atoms with Crippen LogP contribution in [0.15, 0.2) is 30.6 Å². The Morgan fingerprint density at radius 1 is 1.33 bits per heavy atom. The van der Waals surface area contributed by atoms with Gasteiger partial charge < -0.3 is 0 Å². The van der Waals surface area contributed by atoms with E-state index < -0.39 is 0 Å². The van der Waals surface area contributed by atoms with Crippen molar-refractivity contribution < 1.29 is 4.39 Å². The second-order valence-corrected chi connectivity index (χ2v) is 3.70. The lowest BCUT2D eigenvalue weighted by atomic mass is 10.0. The van der Waals surface area contributed by atoms with Crippen LogP contribution >= 0.6 is 0 Å². The van der Waals surface area contributed by atoms with Crippen molar-refractivity contribution in [2.75, 3.05) is 0 Å². The lowest BCUT2D eigenvalue weighted by molar-refractivity contribution is 0.513. The molecular formula is C11H10FN3. The molecule has 1 unspecified atom stereocenters. The van der Waals surface area contributed by atoms with Gasteiger partial charge >= 0.3 is 0 Å². The summed E-state index contributed by atoms with van der Waals surface area (Å²) < 4.78 is 15.4. The Labute approximate surface area is 86.6 Å². The zero-order valence-corrected chi connectivity index (χ0v) is 8.10. The van der Waals surface area contributed by atoms with Crippen LogP contribution in [0.1, 0.15) is 23.9 Å². The first kappa shape index (κ1) is 8.59. The topological polar surface area (TPSA) is 30.7 Å². The monoisotopic (exact) mass is 203 g/mol. The van der Waals surface area contributed by atoms with E-state index in [1.165, 1.54) is 12.4 Å². The third kappa shape index (κ3) is 1.25. The molecule has 1 aromatic heterocycles. The van der Waals surface area contributed by atoms with Crippen LogP contribution in [-0.4, -0.2) is 14.8 Å². The van der Waals surface area contributed by atoms with E-state index in [0.717, 1.165) is 18.7 Å². The quantitative estimate of drug-likeness (QED) is 0.709. The van der Waals surface area contributed by atoms with Gasteiger partial charge in [0.2, 0.25) is 0 Å². The number of aryl methyl sites for hydroxylation is 1. The molecule has 1 atom stereocenters. The second-order valence-electron chi connectivity index (χ2n) is 3.70. The van der Waals surface area contributed by atoms with Crippen LogP contribution in [0.3, 0.4) is 0 Å². The van der Waals surface area contributed by atoms with Gasteiger partial charge in [-0.25, -0.2) is 14.1 Å². The van der Waals surface area contributed by atoms with E-state index >= 15 is 0 Å². The Kier molecular flexibility index (Phi) is 1.80. The van der Waals surface area contributed by atoms with Gasteiger partial charge in [-0.3, -0.25) is 0 Å². The van der Waals surface area contributed by atoms with Gasteiger partial charge in [0.15, 0.2) is 0 Å². The van der Waals surface area contributed by atoms with Crippen LogP contribution in [0, 0.1) is 5.82 Å². The van der Waals surface area contributed by atoms with Crippen molar-refractivity contribution in [1.82, 2.24) is 14.8 Å². The van der Waals surface area contributed by atoms with Gasteiger partial charge in [-0.1, -0.05) is 18.2 Å². The smallest absolute Gasteiger partial charge is 0.138 e. The first-order chi connectivity index (χ1) is 7.36. The molecule has 0 fully saturated rings. The van der Waals surface area contributed by atoms with E-state index in [1.54, 1.807) is 6.07 Å². The van der Waals surface area contributed by atoms with E-state index in [1.807, 2.05) is 16.8 Å². The molecule has 0 aliphatic carbocycles. The van der Waals surface area contributed by atoms with Crippen molar-refractivity contribution >= 4 is 0 Å². The van der Waals surface area contributed by atoms with Crippen LogP contribution < -0.4 is 0 Å². The second kappa shape index (κ2) is 3.15. The van der Waals surface area contributed by atoms with Crippen molar-refractivity contribution in [2.24, 2.45) is 0 Å². The molecule has 3 nitrogen and oxygen atoms in total. The minimum atomic E-state index is -0.161. The molecule has 0 spiro atoms. The van der Waals surface area contributed by atoms with E-state index in [4.69, 9.17) is 0 Å². The number of fused-ring (bicyclic) bond motifs is 1. The van der Waals surface area contributed by atoms with Crippen LogP contribution in [0.4, 0.5) is 4.39 Å². The molecule has 1 aliphatic heterocycles. The minimum Gasteiger partial charge on any atom is -0.242 e. The van der Waals surface area contributed by atoms with E-state index in [0.29, 0.717) is 5.56 Å². The molecule has 0 bridgehead atoms. The lowest BCUT2D eigenvalue weighted by Crippen LogP contribution is -2.08. The van der Waals surface area contributed by atoms with Gasteiger partial charge in [-0.2, -0.15) is 5.10 Å². The number of hydrogen-bond acceptors (Lipinski definition) is 2. The number of halogens is 1. The largest absolute Gasteiger partial charge is 0.242 e.